The maximum absolute atomic E-state index is 7.41. The number of benzene rings is 4. The van der Waals surface area contributed by atoms with Gasteiger partial charge in [-0.25, -0.2) is 0 Å². The normalized spacial score (nSPS) is 16.8. The van der Waals surface area contributed by atoms with Crippen LogP contribution in [0, 0.1) is 27.7 Å². The Kier molecular flexibility index (Phi) is 12.2. The molecule has 11 rings (SSSR count). The van der Waals surface area contributed by atoms with Crippen LogP contribution in [0.3, 0.4) is 0 Å². The molecular weight excluding hydrogens is 871 g/mol. The third-order valence-electron chi connectivity index (χ3n) is 13.3. The van der Waals surface area contributed by atoms with Gasteiger partial charge in [0, 0.05) is 0 Å². The highest BCUT2D eigenvalue weighted by Crippen LogP contribution is 2.52. The SMILES string of the molecule is Cc1ccc([C@@H]2c3ccc(o3)[C@H](c3ccc(C)cc3)c3cc(c4cccccc3-4)[C@H](c3ccc(C)cc3)c3ccc(o3)[C@H](c3ccc(C)cc3)c3cc2c2cccccc3-2)cc1.ClC(Cl)Cl. The van der Waals surface area contributed by atoms with E-state index < -0.39 is 4.30 Å². The van der Waals surface area contributed by atoms with Gasteiger partial charge in [0.25, 0.3) is 0 Å². The van der Waals surface area contributed by atoms with Crippen molar-refractivity contribution in [3.05, 3.63) is 284 Å². The van der Waals surface area contributed by atoms with Crippen molar-refractivity contribution < 1.29 is 8.83 Å². The Labute approximate surface area is 403 Å². The second-order valence-electron chi connectivity index (χ2n) is 17.7. The molecule has 0 saturated carbocycles. The van der Waals surface area contributed by atoms with Crippen molar-refractivity contribution in [2.24, 2.45) is 0 Å². The summed E-state index contributed by atoms with van der Waals surface area (Å²) in [6.45, 7) is 8.62. The van der Waals surface area contributed by atoms with E-state index in [4.69, 9.17) is 43.6 Å². The van der Waals surface area contributed by atoms with Crippen LogP contribution in [0.25, 0.3) is 22.3 Å². The molecule has 0 spiro atoms. The summed E-state index contributed by atoms with van der Waals surface area (Å²) in [7, 11) is 0. The fourth-order valence-corrected chi connectivity index (χ4v) is 10.1. The average molecular weight is 920 g/mol. The van der Waals surface area contributed by atoms with Crippen molar-refractivity contribution in [2.75, 3.05) is 0 Å². The van der Waals surface area contributed by atoms with E-state index in [9.17, 15) is 0 Å². The van der Waals surface area contributed by atoms with Crippen LogP contribution in [0.2, 0.25) is 0 Å². The molecule has 1 aliphatic heterocycles. The van der Waals surface area contributed by atoms with Gasteiger partial charge in [0.2, 0.25) is 0 Å². The number of rotatable bonds is 4. The van der Waals surface area contributed by atoms with E-state index in [1.54, 1.807) is 0 Å². The van der Waals surface area contributed by atoms with Crippen molar-refractivity contribution in [1.29, 1.82) is 0 Å². The minimum Gasteiger partial charge on any atom is -0.464 e. The van der Waals surface area contributed by atoms with Crippen molar-refractivity contribution in [3.63, 3.8) is 0 Å². The number of aryl methyl sites for hydroxylation is 4. The predicted molar refractivity (Wildman–Crippen MR) is 273 cm³/mol. The molecule has 8 bridgehead atoms. The van der Waals surface area contributed by atoms with E-state index >= 15 is 0 Å². The lowest BCUT2D eigenvalue weighted by molar-refractivity contribution is 0.453. The van der Waals surface area contributed by atoms with Gasteiger partial charge in [0.05, 0.1) is 23.7 Å². The fraction of sp³-hybridized carbons (Fsp3) is 0.148. The third-order valence-corrected chi connectivity index (χ3v) is 13.3. The Bertz CT molecular complexity index is 2760. The standard InChI is InChI=1S/C60H48O2.CHCl3/c1-37-15-23-41(24-16-37)57-49-35-50(46-12-8-5-7-11-45(46)49)58(42-25-17-38(2)18-26-42)55-33-34-56(62-55)60(44-29-21-40(4)22-30-44)52-36-51(47-13-9-6-10-14-48(47)52)59(54-32-31-53(57)61-54)43-27-19-39(3)20-28-43;2-1(3)4/h5-36,57-60H,1-4H3;1H/t57-,58+,59+,60-;. The molecule has 0 fully saturated rings. The summed E-state index contributed by atoms with van der Waals surface area (Å²) < 4.78 is 14.1. The molecule has 0 unspecified atom stereocenters. The lowest BCUT2D eigenvalue weighted by Crippen LogP contribution is -2.05. The first kappa shape index (κ1) is 43.6. The van der Waals surface area contributed by atoms with Crippen molar-refractivity contribution in [2.45, 2.75) is 55.7 Å². The monoisotopic (exact) mass is 918 g/mol. The van der Waals surface area contributed by atoms with Crippen LogP contribution < -0.4 is 0 Å². The lowest BCUT2D eigenvalue weighted by Gasteiger charge is -2.19. The molecule has 0 saturated heterocycles. The molecular formula is C61H49Cl3O2. The second-order valence-corrected chi connectivity index (χ2v) is 19.7. The Morgan fingerprint density at radius 2 is 0.515 bits per heavy atom. The van der Waals surface area contributed by atoms with Gasteiger partial charge >= 0.3 is 0 Å². The number of fused-ring (bicyclic) bond motifs is 14. The molecule has 6 aromatic rings. The molecule has 326 valence electrons. The third kappa shape index (κ3) is 8.51. The molecule has 4 atom stereocenters. The summed E-state index contributed by atoms with van der Waals surface area (Å²) in [6.07, 6.45) is 0. The van der Waals surface area contributed by atoms with E-state index in [1.165, 1.54) is 89.0 Å². The maximum Gasteiger partial charge on any atom is 0.180 e. The largest absolute Gasteiger partial charge is 0.464 e. The summed E-state index contributed by atoms with van der Waals surface area (Å²) in [4.78, 5) is 0. The lowest BCUT2D eigenvalue weighted by atomic mass is 9.87. The molecule has 5 heteroatoms. The number of halogens is 3. The number of furan rings is 2. The first-order chi connectivity index (χ1) is 32.1. The Balaban J connectivity index is 0.00000123. The van der Waals surface area contributed by atoms with Crippen molar-refractivity contribution >= 4 is 34.8 Å². The zero-order valence-corrected chi connectivity index (χ0v) is 39.6. The molecule has 0 amide bonds. The summed E-state index contributed by atoms with van der Waals surface area (Å²) in [6, 6.07) is 71.9. The van der Waals surface area contributed by atoms with Crippen LogP contribution in [0.1, 0.15) is 113 Å². The highest BCUT2D eigenvalue weighted by Gasteiger charge is 2.36. The Hall–Kier alpha value is -6.29. The Morgan fingerprint density at radius 3 is 0.727 bits per heavy atom. The number of hydrogen-bond acceptors (Lipinski definition) is 2. The van der Waals surface area contributed by atoms with Gasteiger partial charge in [-0.15, -0.1) is 0 Å². The quantitative estimate of drug-likeness (QED) is 0.164. The van der Waals surface area contributed by atoms with E-state index in [0.29, 0.717) is 0 Å². The highest BCUT2D eigenvalue weighted by molar-refractivity contribution is 6.63. The van der Waals surface area contributed by atoms with Gasteiger partial charge < -0.3 is 8.83 Å². The average Bonchev–Trinajstić information content (AvgIpc) is 4.04. The Morgan fingerprint density at radius 1 is 0.303 bits per heavy atom. The van der Waals surface area contributed by atoms with Crippen LogP contribution in [-0.2, 0) is 0 Å². The summed E-state index contributed by atoms with van der Waals surface area (Å²) in [5.74, 6) is 3.00. The molecule has 4 aromatic carbocycles. The summed E-state index contributed by atoms with van der Waals surface area (Å²) >= 11 is 14.4. The van der Waals surface area contributed by atoms with E-state index in [2.05, 4.69) is 222 Å². The predicted octanol–water partition coefficient (Wildman–Crippen LogP) is 17.3. The molecule has 4 aliphatic carbocycles. The van der Waals surface area contributed by atoms with Crippen LogP contribution >= 0.6 is 34.8 Å². The van der Waals surface area contributed by atoms with E-state index in [1.807, 2.05) is 0 Å². The zero-order valence-electron chi connectivity index (χ0n) is 37.3. The minimum absolute atomic E-state index is 0.170. The van der Waals surface area contributed by atoms with Gasteiger partial charge in [-0.3, -0.25) is 0 Å². The van der Waals surface area contributed by atoms with Gasteiger partial charge in [0.1, 0.15) is 23.0 Å². The van der Waals surface area contributed by atoms with Gasteiger partial charge in [-0.05, 0) is 119 Å². The fourth-order valence-electron chi connectivity index (χ4n) is 10.1. The summed E-state index contributed by atoms with van der Waals surface area (Å²) in [5.41, 5.74) is 19.3. The molecule has 0 radical (unpaired) electrons. The molecule has 0 N–H and O–H groups in total. The smallest absolute Gasteiger partial charge is 0.180 e. The molecule has 5 aliphatic rings. The second kappa shape index (κ2) is 18.5. The van der Waals surface area contributed by atoms with Crippen LogP contribution in [0.4, 0.5) is 0 Å². The van der Waals surface area contributed by atoms with E-state index in [0.717, 1.165) is 23.0 Å². The molecule has 2 aromatic heterocycles. The summed E-state index contributed by atoms with van der Waals surface area (Å²) in [5, 5.41) is 0. The zero-order chi connectivity index (χ0) is 45.5. The topological polar surface area (TPSA) is 26.3 Å². The number of hydrogen-bond donors (Lipinski definition) is 0. The first-order valence-corrected chi connectivity index (χ1v) is 23.8. The van der Waals surface area contributed by atoms with Gasteiger partial charge in [0.15, 0.2) is 4.30 Å². The highest BCUT2D eigenvalue weighted by atomic mass is 35.6. The first-order valence-electron chi connectivity index (χ1n) is 22.5. The molecule has 3 heterocycles. The van der Waals surface area contributed by atoms with Crippen molar-refractivity contribution in [1.82, 2.24) is 0 Å². The van der Waals surface area contributed by atoms with Gasteiger partial charge in [-0.2, -0.15) is 0 Å². The maximum atomic E-state index is 7.41. The van der Waals surface area contributed by atoms with Crippen LogP contribution in [0.15, 0.2) is 203 Å². The number of alkyl halides is 3. The van der Waals surface area contributed by atoms with E-state index in [-0.39, 0.29) is 23.7 Å². The molecule has 2 nitrogen and oxygen atoms in total. The molecule has 66 heavy (non-hydrogen) atoms. The van der Waals surface area contributed by atoms with Crippen LogP contribution in [-0.4, -0.2) is 4.30 Å². The van der Waals surface area contributed by atoms with Crippen molar-refractivity contribution in [3.8, 4) is 22.3 Å². The van der Waals surface area contributed by atoms with Gasteiger partial charge in [-0.1, -0.05) is 227 Å². The van der Waals surface area contributed by atoms with Crippen LogP contribution in [0.5, 0.6) is 0 Å². The minimum atomic E-state index is -0.750.